The molecule has 0 saturated carbocycles. The average molecular weight is 393 g/mol. The van der Waals surface area contributed by atoms with Crippen LogP contribution >= 0.6 is 11.6 Å². The van der Waals surface area contributed by atoms with Crippen LogP contribution in [0.5, 0.6) is 5.75 Å². The molecule has 140 valence electrons. The number of benzene rings is 2. The van der Waals surface area contributed by atoms with E-state index in [1.165, 1.54) is 0 Å². The zero-order chi connectivity index (χ0) is 19.7. The van der Waals surface area contributed by atoms with Gasteiger partial charge in [0.25, 0.3) is 5.56 Å². The van der Waals surface area contributed by atoms with Gasteiger partial charge in [0.2, 0.25) is 0 Å². The Hall–Kier alpha value is -3.38. The number of H-pyrrole nitrogens is 1. The Morgan fingerprint density at radius 2 is 2.04 bits per heavy atom. The number of imidazole rings is 1. The van der Waals surface area contributed by atoms with Crippen molar-refractivity contribution in [3.63, 3.8) is 0 Å². The number of hydrogen-bond acceptors (Lipinski definition) is 4. The van der Waals surface area contributed by atoms with Crippen LogP contribution < -0.4 is 10.3 Å². The SMILES string of the molecule is COc1cc(/C=C/c2nc3cc(Cl)ccc3c(=O)[nH]2)ccc1-n1cnc(C)c1. The second kappa shape index (κ2) is 7.32. The quantitative estimate of drug-likeness (QED) is 0.563. The number of ether oxygens (including phenoxy) is 1. The maximum atomic E-state index is 12.2. The van der Waals surface area contributed by atoms with Crippen molar-refractivity contribution in [3.8, 4) is 11.4 Å². The van der Waals surface area contributed by atoms with Crippen LogP contribution in [-0.2, 0) is 0 Å². The molecule has 28 heavy (non-hydrogen) atoms. The Morgan fingerprint density at radius 3 is 2.79 bits per heavy atom. The number of nitrogens with zero attached hydrogens (tertiary/aromatic N) is 3. The minimum Gasteiger partial charge on any atom is -0.495 e. The molecule has 2 heterocycles. The van der Waals surface area contributed by atoms with Gasteiger partial charge in [0, 0.05) is 11.2 Å². The monoisotopic (exact) mass is 392 g/mol. The molecule has 0 fully saturated rings. The van der Waals surface area contributed by atoms with Crippen molar-refractivity contribution in [2.75, 3.05) is 7.11 Å². The molecule has 0 aliphatic carbocycles. The van der Waals surface area contributed by atoms with Crippen molar-refractivity contribution in [3.05, 3.63) is 81.4 Å². The molecular formula is C21H17ClN4O2. The van der Waals surface area contributed by atoms with Gasteiger partial charge in [-0.25, -0.2) is 9.97 Å². The summed E-state index contributed by atoms with van der Waals surface area (Å²) in [4.78, 5) is 23.7. The lowest BCUT2D eigenvalue weighted by atomic mass is 10.1. The summed E-state index contributed by atoms with van der Waals surface area (Å²) >= 11 is 6.01. The first-order valence-corrected chi connectivity index (χ1v) is 8.98. The number of rotatable bonds is 4. The lowest BCUT2D eigenvalue weighted by Crippen LogP contribution is -2.09. The number of aryl methyl sites for hydroxylation is 1. The molecule has 0 aliphatic rings. The fourth-order valence-corrected chi connectivity index (χ4v) is 3.12. The highest BCUT2D eigenvalue weighted by molar-refractivity contribution is 6.31. The topological polar surface area (TPSA) is 72.8 Å². The van der Waals surface area contributed by atoms with Crippen LogP contribution in [0.15, 0.2) is 53.7 Å². The molecule has 6 nitrogen and oxygen atoms in total. The molecule has 4 rings (SSSR count). The van der Waals surface area contributed by atoms with Crippen LogP contribution in [0.25, 0.3) is 28.7 Å². The van der Waals surface area contributed by atoms with Gasteiger partial charge in [-0.3, -0.25) is 4.79 Å². The molecule has 0 spiro atoms. The standard InChI is InChI=1S/C21H17ClN4O2/c1-13-11-26(12-23-13)18-7-3-14(9-19(18)28-2)4-8-20-24-17-10-15(22)5-6-16(17)21(27)25-20/h3-12H,1-2H3,(H,24,25,27)/b8-4+. The lowest BCUT2D eigenvalue weighted by molar-refractivity contribution is 0.413. The van der Waals surface area contributed by atoms with E-state index in [0.29, 0.717) is 27.5 Å². The van der Waals surface area contributed by atoms with Gasteiger partial charge in [0.1, 0.15) is 11.6 Å². The third-order valence-electron chi connectivity index (χ3n) is 4.31. The zero-order valence-electron chi connectivity index (χ0n) is 15.3. The Labute approximate surface area is 166 Å². The lowest BCUT2D eigenvalue weighted by Gasteiger charge is -2.10. The summed E-state index contributed by atoms with van der Waals surface area (Å²) < 4.78 is 7.43. The largest absolute Gasteiger partial charge is 0.495 e. The molecule has 0 aliphatic heterocycles. The van der Waals surface area contributed by atoms with Gasteiger partial charge in [-0.1, -0.05) is 23.7 Å². The fourth-order valence-electron chi connectivity index (χ4n) is 2.95. The third-order valence-corrected chi connectivity index (χ3v) is 4.55. The number of aromatic nitrogens is 4. The first-order valence-electron chi connectivity index (χ1n) is 8.60. The highest BCUT2D eigenvalue weighted by Crippen LogP contribution is 2.25. The van der Waals surface area contributed by atoms with Crippen molar-refractivity contribution in [2.24, 2.45) is 0 Å². The Kier molecular flexibility index (Phi) is 4.71. The van der Waals surface area contributed by atoms with E-state index in [1.807, 2.05) is 42.0 Å². The molecule has 0 radical (unpaired) electrons. The normalized spacial score (nSPS) is 11.4. The molecule has 2 aromatic heterocycles. The summed E-state index contributed by atoms with van der Waals surface area (Å²) in [6.07, 6.45) is 7.29. The summed E-state index contributed by atoms with van der Waals surface area (Å²) in [5.74, 6) is 1.17. The molecule has 0 bridgehead atoms. The zero-order valence-corrected chi connectivity index (χ0v) is 16.1. The molecule has 1 N–H and O–H groups in total. The van der Waals surface area contributed by atoms with Crippen LogP contribution in [0.4, 0.5) is 0 Å². The minimum absolute atomic E-state index is 0.204. The summed E-state index contributed by atoms with van der Waals surface area (Å²) in [6, 6.07) is 10.8. The van der Waals surface area contributed by atoms with E-state index in [9.17, 15) is 4.79 Å². The smallest absolute Gasteiger partial charge is 0.259 e. The predicted octanol–water partition coefficient (Wildman–Crippen LogP) is 4.25. The van der Waals surface area contributed by atoms with Crippen LogP contribution in [0.3, 0.4) is 0 Å². The second-order valence-corrected chi connectivity index (χ2v) is 6.74. The molecular weight excluding hydrogens is 376 g/mol. The molecule has 0 saturated heterocycles. The van der Waals surface area contributed by atoms with E-state index in [4.69, 9.17) is 16.3 Å². The van der Waals surface area contributed by atoms with Crippen molar-refractivity contribution in [2.45, 2.75) is 6.92 Å². The van der Waals surface area contributed by atoms with E-state index in [0.717, 1.165) is 16.9 Å². The minimum atomic E-state index is -0.204. The van der Waals surface area contributed by atoms with Gasteiger partial charge < -0.3 is 14.3 Å². The average Bonchev–Trinajstić information content (AvgIpc) is 3.12. The highest BCUT2D eigenvalue weighted by atomic mass is 35.5. The summed E-state index contributed by atoms with van der Waals surface area (Å²) in [6.45, 7) is 1.94. The Bertz CT molecular complexity index is 1260. The van der Waals surface area contributed by atoms with Crippen molar-refractivity contribution in [1.82, 2.24) is 19.5 Å². The number of halogens is 1. The van der Waals surface area contributed by atoms with Crippen molar-refractivity contribution in [1.29, 1.82) is 0 Å². The summed E-state index contributed by atoms with van der Waals surface area (Å²) in [5, 5.41) is 1.04. The van der Waals surface area contributed by atoms with Gasteiger partial charge in [0.15, 0.2) is 0 Å². The molecule has 7 heteroatoms. The van der Waals surface area contributed by atoms with Crippen LogP contribution in [0, 0.1) is 6.92 Å². The number of hydrogen-bond donors (Lipinski definition) is 1. The van der Waals surface area contributed by atoms with E-state index >= 15 is 0 Å². The first kappa shape index (κ1) is 18.0. The third kappa shape index (κ3) is 3.54. The molecule has 0 atom stereocenters. The highest BCUT2D eigenvalue weighted by Gasteiger charge is 2.07. The van der Waals surface area contributed by atoms with Crippen molar-refractivity contribution < 1.29 is 4.74 Å². The molecule has 4 aromatic rings. The van der Waals surface area contributed by atoms with Gasteiger partial charge in [-0.05, 0) is 48.9 Å². The summed E-state index contributed by atoms with van der Waals surface area (Å²) in [7, 11) is 1.63. The van der Waals surface area contributed by atoms with Crippen LogP contribution in [0.1, 0.15) is 17.1 Å². The Morgan fingerprint density at radius 1 is 1.18 bits per heavy atom. The maximum Gasteiger partial charge on any atom is 0.259 e. The molecule has 2 aromatic carbocycles. The molecule has 0 unspecified atom stereocenters. The molecule has 0 amide bonds. The van der Waals surface area contributed by atoms with E-state index in [2.05, 4.69) is 15.0 Å². The fraction of sp³-hybridized carbons (Fsp3) is 0.0952. The van der Waals surface area contributed by atoms with Gasteiger partial charge in [-0.15, -0.1) is 0 Å². The van der Waals surface area contributed by atoms with Gasteiger partial charge >= 0.3 is 0 Å². The van der Waals surface area contributed by atoms with Crippen LogP contribution in [-0.4, -0.2) is 26.6 Å². The first-order chi connectivity index (χ1) is 13.5. The van der Waals surface area contributed by atoms with E-state index < -0.39 is 0 Å². The second-order valence-electron chi connectivity index (χ2n) is 6.30. The van der Waals surface area contributed by atoms with E-state index in [-0.39, 0.29) is 5.56 Å². The van der Waals surface area contributed by atoms with Gasteiger partial charge in [0.05, 0.1) is 35.7 Å². The number of aromatic amines is 1. The van der Waals surface area contributed by atoms with Gasteiger partial charge in [-0.2, -0.15) is 0 Å². The van der Waals surface area contributed by atoms with E-state index in [1.54, 1.807) is 37.7 Å². The Balaban J connectivity index is 1.68. The predicted molar refractivity (Wildman–Crippen MR) is 111 cm³/mol. The number of fused-ring (bicyclic) bond motifs is 1. The number of nitrogens with one attached hydrogen (secondary N) is 1. The van der Waals surface area contributed by atoms with Crippen LogP contribution in [0.2, 0.25) is 5.02 Å². The van der Waals surface area contributed by atoms with Crippen molar-refractivity contribution >= 4 is 34.7 Å². The maximum absolute atomic E-state index is 12.2. The number of methoxy groups -OCH3 is 1. The summed E-state index contributed by atoms with van der Waals surface area (Å²) in [5.41, 5.74) is 3.08.